The Hall–Kier alpha value is -3.12. The van der Waals surface area contributed by atoms with Gasteiger partial charge in [-0.3, -0.25) is 19.5 Å². The number of amides is 2. The molecule has 1 saturated heterocycles. The summed E-state index contributed by atoms with van der Waals surface area (Å²) in [6.45, 7) is 3.19. The summed E-state index contributed by atoms with van der Waals surface area (Å²) in [4.78, 5) is 33.8. The van der Waals surface area contributed by atoms with Crippen LogP contribution in [-0.4, -0.2) is 47.9 Å². The predicted molar refractivity (Wildman–Crippen MR) is 132 cm³/mol. The lowest BCUT2D eigenvalue weighted by atomic mass is 10.1. The first-order valence-electron chi connectivity index (χ1n) is 11.7. The second kappa shape index (κ2) is 9.40. The molecule has 0 atom stereocenters. The Bertz CT molecular complexity index is 1210. The second-order valence-corrected chi connectivity index (χ2v) is 9.13. The fourth-order valence-corrected chi connectivity index (χ4v) is 4.89. The van der Waals surface area contributed by atoms with E-state index in [1.807, 2.05) is 42.5 Å². The van der Waals surface area contributed by atoms with Crippen LogP contribution in [0.5, 0.6) is 0 Å². The lowest BCUT2D eigenvalue weighted by Crippen LogP contribution is -2.31. The number of anilines is 2. The number of fused-ring (bicyclic) bond motifs is 2. The zero-order valence-corrected chi connectivity index (χ0v) is 19.3. The molecule has 0 spiro atoms. The van der Waals surface area contributed by atoms with E-state index in [1.165, 1.54) is 24.2 Å². The van der Waals surface area contributed by atoms with Gasteiger partial charge in [-0.2, -0.15) is 0 Å². The van der Waals surface area contributed by atoms with Gasteiger partial charge in [0.2, 0.25) is 0 Å². The van der Waals surface area contributed by atoms with Gasteiger partial charge < -0.3 is 10.2 Å². The van der Waals surface area contributed by atoms with Gasteiger partial charge in [-0.1, -0.05) is 11.6 Å². The normalized spacial score (nSPS) is 15.9. The molecule has 5 rings (SSSR count). The molecule has 1 N–H and O–H groups in total. The summed E-state index contributed by atoms with van der Waals surface area (Å²) < 4.78 is 0. The van der Waals surface area contributed by atoms with Gasteiger partial charge in [0.15, 0.2) is 0 Å². The Labute approximate surface area is 198 Å². The van der Waals surface area contributed by atoms with Crippen molar-refractivity contribution in [2.75, 3.05) is 36.4 Å². The average Bonchev–Trinajstić information content (AvgIpc) is 3.08. The SMILES string of the molecule is O=C1c2ccc(N3CCCCC3)cc2C(=O)N1CCCCNc1ccnc2cc(Cl)ccc12. The zero-order chi connectivity index (χ0) is 22.8. The smallest absolute Gasteiger partial charge is 0.261 e. The number of unbranched alkanes of at least 4 members (excludes halogenated alkanes) is 1. The molecule has 2 aliphatic heterocycles. The van der Waals surface area contributed by atoms with Gasteiger partial charge >= 0.3 is 0 Å². The monoisotopic (exact) mass is 462 g/mol. The highest BCUT2D eigenvalue weighted by atomic mass is 35.5. The molecular formula is C26H27ClN4O2. The fourth-order valence-electron chi connectivity index (χ4n) is 4.72. The third-order valence-electron chi connectivity index (χ3n) is 6.50. The standard InChI is InChI=1S/C26H27ClN4O2/c27-18-6-8-21-23(10-12-29-24(21)16-18)28-11-2-5-15-31-25(32)20-9-7-19(17-22(20)26(31)33)30-13-3-1-4-14-30/h6-10,12,16-17H,1-5,11,13-15H2,(H,28,29). The van der Waals surface area contributed by atoms with Crippen molar-refractivity contribution in [3.63, 3.8) is 0 Å². The van der Waals surface area contributed by atoms with E-state index in [0.29, 0.717) is 22.7 Å². The van der Waals surface area contributed by atoms with Crippen LogP contribution in [0.3, 0.4) is 0 Å². The van der Waals surface area contributed by atoms with Gasteiger partial charge in [-0.15, -0.1) is 0 Å². The summed E-state index contributed by atoms with van der Waals surface area (Å²) in [5, 5.41) is 5.12. The number of benzene rings is 2. The molecule has 0 bridgehead atoms. The van der Waals surface area contributed by atoms with Gasteiger partial charge in [0, 0.05) is 54.2 Å². The molecule has 3 heterocycles. The minimum absolute atomic E-state index is 0.168. The largest absolute Gasteiger partial charge is 0.384 e. The van der Waals surface area contributed by atoms with E-state index in [1.54, 1.807) is 6.20 Å². The van der Waals surface area contributed by atoms with Crippen LogP contribution in [0.25, 0.3) is 10.9 Å². The van der Waals surface area contributed by atoms with Crippen LogP contribution in [0, 0.1) is 0 Å². The van der Waals surface area contributed by atoms with E-state index in [4.69, 9.17) is 11.6 Å². The van der Waals surface area contributed by atoms with Crippen molar-refractivity contribution >= 4 is 45.7 Å². The van der Waals surface area contributed by atoms with E-state index in [9.17, 15) is 9.59 Å². The Morgan fingerprint density at radius 3 is 2.58 bits per heavy atom. The van der Waals surface area contributed by atoms with Crippen LogP contribution in [0.2, 0.25) is 5.02 Å². The molecule has 170 valence electrons. The van der Waals surface area contributed by atoms with Crippen LogP contribution < -0.4 is 10.2 Å². The maximum Gasteiger partial charge on any atom is 0.261 e. The number of rotatable bonds is 7. The topological polar surface area (TPSA) is 65.5 Å². The fraction of sp³-hybridized carbons (Fsp3) is 0.346. The van der Waals surface area contributed by atoms with Gasteiger partial charge in [-0.25, -0.2) is 0 Å². The quantitative estimate of drug-likeness (QED) is 0.378. The number of carbonyl (C=O) groups excluding carboxylic acids is 2. The third kappa shape index (κ3) is 4.40. The Morgan fingerprint density at radius 1 is 0.909 bits per heavy atom. The van der Waals surface area contributed by atoms with Gasteiger partial charge in [0.1, 0.15) is 0 Å². The van der Waals surface area contributed by atoms with E-state index < -0.39 is 0 Å². The Morgan fingerprint density at radius 2 is 1.73 bits per heavy atom. The summed E-state index contributed by atoms with van der Waals surface area (Å²) in [7, 11) is 0. The highest BCUT2D eigenvalue weighted by Gasteiger charge is 2.35. The maximum atomic E-state index is 13.0. The first kappa shape index (κ1) is 21.7. The minimum Gasteiger partial charge on any atom is -0.384 e. The number of hydrogen-bond donors (Lipinski definition) is 1. The van der Waals surface area contributed by atoms with E-state index in [2.05, 4.69) is 15.2 Å². The molecule has 0 saturated carbocycles. The lowest BCUT2D eigenvalue weighted by Gasteiger charge is -2.29. The molecule has 2 aliphatic rings. The Balaban J connectivity index is 1.17. The number of halogens is 1. The van der Waals surface area contributed by atoms with Gasteiger partial charge in [0.05, 0.1) is 16.6 Å². The zero-order valence-electron chi connectivity index (χ0n) is 18.5. The summed E-state index contributed by atoms with van der Waals surface area (Å²) >= 11 is 6.06. The molecule has 6 nitrogen and oxygen atoms in total. The van der Waals surface area contributed by atoms with Crippen LogP contribution in [0.15, 0.2) is 48.7 Å². The summed E-state index contributed by atoms with van der Waals surface area (Å²) in [5.41, 5.74) is 3.97. The maximum absolute atomic E-state index is 13.0. The molecule has 7 heteroatoms. The van der Waals surface area contributed by atoms with Crippen molar-refractivity contribution in [3.8, 4) is 0 Å². The van der Waals surface area contributed by atoms with Crippen LogP contribution in [0.4, 0.5) is 11.4 Å². The molecule has 33 heavy (non-hydrogen) atoms. The third-order valence-corrected chi connectivity index (χ3v) is 6.74. The highest BCUT2D eigenvalue weighted by molar-refractivity contribution is 6.31. The second-order valence-electron chi connectivity index (χ2n) is 8.69. The van der Waals surface area contributed by atoms with Crippen molar-refractivity contribution in [1.82, 2.24) is 9.88 Å². The van der Waals surface area contributed by atoms with Gasteiger partial charge in [-0.05, 0) is 74.6 Å². The highest BCUT2D eigenvalue weighted by Crippen LogP contribution is 2.29. The minimum atomic E-state index is -0.176. The molecule has 0 radical (unpaired) electrons. The average molecular weight is 463 g/mol. The summed E-state index contributed by atoms with van der Waals surface area (Å²) in [6, 6.07) is 13.3. The van der Waals surface area contributed by atoms with Gasteiger partial charge in [0.25, 0.3) is 11.8 Å². The number of aromatic nitrogens is 1. The molecular weight excluding hydrogens is 436 g/mol. The molecule has 1 aromatic heterocycles. The van der Waals surface area contributed by atoms with Crippen molar-refractivity contribution in [1.29, 1.82) is 0 Å². The van der Waals surface area contributed by atoms with E-state index in [-0.39, 0.29) is 11.8 Å². The molecule has 0 aliphatic carbocycles. The summed E-state index contributed by atoms with van der Waals surface area (Å²) in [5.74, 6) is -0.344. The van der Waals surface area contributed by atoms with Crippen molar-refractivity contribution in [2.24, 2.45) is 0 Å². The number of imide groups is 1. The van der Waals surface area contributed by atoms with E-state index >= 15 is 0 Å². The number of hydrogen-bond acceptors (Lipinski definition) is 5. The number of pyridine rings is 1. The first-order valence-corrected chi connectivity index (χ1v) is 12.0. The summed E-state index contributed by atoms with van der Waals surface area (Å²) in [6.07, 6.45) is 6.95. The molecule has 0 unspecified atom stereocenters. The number of nitrogens with one attached hydrogen (secondary N) is 1. The van der Waals surface area contributed by atoms with E-state index in [0.717, 1.165) is 54.8 Å². The number of nitrogens with zero attached hydrogens (tertiary/aromatic N) is 3. The van der Waals surface area contributed by atoms with Crippen molar-refractivity contribution < 1.29 is 9.59 Å². The number of piperidine rings is 1. The number of carbonyl (C=O) groups is 2. The van der Waals surface area contributed by atoms with Crippen LogP contribution in [-0.2, 0) is 0 Å². The Kier molecular flexibility index (Phi) is 6.18. The molecule has 2 aromatic carbocycles. The first-order chi connectivity index (χ1) is 16.1. The molecule has 3 aromatic rings. The van der Waals surface area contributed by atoms with Crippen molar-refractivity contribution in [2.45, 2.75) is 32.1 Å². The molecule has 1 fully saturated rings. The molecule has 2 amide bonds. The predicted octanol–water partition coefficient (Wildman–Crippen LogP) is 5.37. The van der Waals surface area contributed by atoms with Crippen LogP contribution >= 0.6 is 11.6 Å². The van der Waals surface area contributed by atoms with Crippen molar-refractivity contribution in [3.05, 3.63) is 64.8 Å². The van der Waals surface area contributed by atoms with Crippen LogP contribution in [0.1, 0.15) is 52.8 Å². The lowest BCUT2D eigenvalue weighted by molar-refractivity contribution is 0.0652.